The lowest BCUT2D eigenvalue weighted by atomic mass is 10.1. The van der Waals surface area contributed by atoms with E-state index in [1.807, 2.05) is 12.1 Å². The molecular formula is C18H18N4O2S. The van der Waals surface area contributed by atoms with Crippen molar-refractivity contribution in [1.82, 2.24) is 14.7 Å². The van der Waals surface area contributed by atoms with Crippen molar-refractivity contribution in [3.63, 3.8) is 0 Å². The van der Waals surface area contributed by atoms with Gasteiger partial charge in [0.1, 0.15) is 11.7 Å². The summed E-state index contributed by atoms with van der Waals surface area (Å²) in [4.78, 5) is 7.43. The van der Waals surface area contributed by atoms with Gasteiger partial charge in [0.05, 0.1) is 10.5 Å². The maximum Gasteiger partial charge on any atom is 0.241 e. The number of fused-ring (bicyclic) bond motifs is 1. The van der Waals surface area contributed by atoms with Crippen LogP contribution in [0.25, 0.3) is 22.2 Å². The normalized spacial score (nSPS) is 12.2. The lowest BCUT2D eigenvalue weighted by Crippen LogP contribution is -2.40. The van der Waals surface area contributed by atoms with Crippen LogP contribution in [0.15, 0.2) is 47.6 Å². The van der Waals surface area contributed by atoms with Gasteiger partial charge in [-0.15, -0.1) is 0 Å². The van der Waals surface area contributed by atoms with E-state index in [4.69, 9.17) is 5.26 Å². The summed E-state index contributed by atoms with van der Waals surface area (Å²) in [5, 5.41) is 9.87. The molecule has 0 saturated carbocycles. The summed E-state index contributed by atoms with van der Waals surface area (Å²) in [5.41, 5.74) is 2.02. The zero-order chi connectivity index (χ0) is 18.2. The lowest BCUT2D eigenvalue weighted by molar-refractivity contribution is 0.491. The molecule has 0 unspecified atom stereocenters. The second kappa shape index (κ2) is 5.99. The number of rotatable bonds is 3. The fourth-order valence-electron chi connectivity index (χ4n) is 2.56. The SMILES string of the molecule is CC(C)(C)NS(=O)(=O)c1cccc(-c2cnc3[nH]cc(C#N)c3c2)c1. The Kier molecular flexibility index (Phi) is 4.11. The number of sulfonamides is 1. The molecule has 2 aromatic heterocycles. The Bertz CT molecular complexity index is 1090. The minimum absolute atomic E-state index is 0.189. The molecule has 0 aliphatic carbocycles. The average molecular weight is 354 g/mol. The maximum absolute atomic E-state index is 12.5. The summed E-state index contributed by atoms with van der Waals surface area (Å²) in [6.07, 6.45) is 3.26. The van der Waals surface area contributed by atoms with E-state index in [0.717, 1.165) is 11.1 Å². The van der Waals surface area contributed by atoms with E-state index in [1.165, 1.54) is 0 Å². The van der Waals surface area contributed by atoms with Gasteiger partial charge in [0.25, 0.3) is 0 Å². The number of aromatic amines is 1. The first kappa shape index (κ1) is 17.1. The Morgan fingerprint density at radius 3 is 2.64 bits per heavy atom. The Balaban J connectivity index is 2.07. The van der Waals surface area contributed by atoms with Crippen molar-refractivity contribution in [3.8, 4) is 17.2 Å². The zero-order valence-electron chi connectivity index (χ0n) is 14.2. The molecule has 2 heterocycles. The number of aromatic nitrogens is 2. The van der Waals surface area contributed by atoms with Crippen LogP contribution in [0.5, 0.6) is 0 Å². The molecule has 0 fully saturated rings. The minimum atomic E-state index is -3.62. The number of hydrogen-bond donors (Lipinski definition) is 2. The Hall–Kier alpha value is -2.69. The number of nitrogens with one attached hydrogen (secondary N) is 2. The van der Waals surface area contributed by atoms with Crippen LogP contribution in [0.3, 0.4) is 0 Å². The van der Waals surface area contributed by atoms with Crippen molar-refractivity contribution >= 4 is 21.1 Å². The van der Waals surface area contributed by atoms with E-state index in [9.17, 15) is 8.42 Å². The van der Waals surface area contributed by atoms with Gasteiger partial charge in [-0.1, -0.05) is 12.1 Å². The fraction of sp³-hybridized carbons (Fsp3) is 0.222. The Labute approximate surface area is 146 Å². The van der Waals surface area contributed by atoms with E-state index in [2.05, 4.69) is 20.8 Å². The van der Waals surface area contributed by atoms with Crippen molar-refractivity contribution in [2.75, 3.05) is 0 Å². The number of hydrogen-bond acceptors (Lipinski definition) is 4. The summed E-state index contributed by atoms with van der Waals surface area (Å²) >= 11 is 0. The second-order valence-electron chi connectivity index (χ2n) is 6.82. The van der Waals surface area contributed by atoms with E-state index in [1.54, 1.807) is 51.4 Å². The van der Waals surface area contributed by atoms with Crippen molar-refractivity contribution in [2.24, 2.45) is 0 Å². The first-order chi connectivity index (χ1) is 11.7. The Morgan fingerprint density at radius 2 is 1.96 bits per heavy atom. The molecule has 0 spiro atoms. The summed E-state index contributed by atoms with van der Waals surface area (Å²) in [7, 11) is -3.62. The van der Waals surface area contributed by atoms with Gasteiger partial charge in [0.2, 0.25) is 10.0 Å². The van der Waals surface area contributed by atoms with Gasteiger partial charge in [-0.25, -0.2) is 18.1 Å². The molecular weight excluding hydrogens is 336 g/mol. The van der Waals surface area contributed by atoms with E-state index in [0.29, 0.717) is 16.6 Å². The van der Waals surface area contributed by atoms with Gasteiger partial charge in [-0.2, -0.15) is 5.26 Å². The molecule has 0 bridgehead atoms. The van der Waals surface area contributed by atoms with Crippen molar-refractivity contribution in [1.29, 1.82) is 5.26 Å². The van der Waals surface area contributed by atoms with Crippen LogP contribution < -0.4 is 4.72 Å². The standard InChI is InChI=1S/C18H18N4O2S/c1-18(2,3)22-25(23,24)15-6-4-5-12(7-15)13-8-16-14(9-19)11-21-17(16)20-10-13/h4-8,10-11,22H,1-3H3,(H,20,21). The predicted molar refractivity (Wildman–Crippen MR) is 96.3 cm³/mol. The van der Waals surface area contributed by atoms with Gasteiger partial charge < -0.3 is 4.98 Å². The van der Waals surface area contributed by atoms with Crippen molar-refractivity contribution < 1.29 is 8.42 Å². The number of H-pyrrole nitrogens is 1. The third-order valence-electron chi connectivity index (χ3n) is 3.57. The molecule has 3 rings (SSSR count). The highest BCUT2D eigenvalue weighted by Crippen LogP contribution is 2.26. The summed E-state index contributed by atoms with van der Waals surface area (Å²) < 4.78 is 27.7. The molecule has 6 nitrogen and oxygen atoms in total. The van der Waals surface area contributed by atoms with E-state index in [-0.39, 0.29) is 4.90 Å². The largest absolute Gasteiger partial charge is 0.345 e. The molecule has 0 aliphatic rings. The van der Waals surface area contributed by atoms with Crippen LogP contribution >= 0.6 is 0 Å². The average Bonchev–Trinajstić information content (AvgIpc) is 2.95. The van der Waals surface area contributed by atoms with Gasteiger partial charge in [-0.3, -0.25) is 0 Å². The fourth-order valence-corrected chi connectivity index (χ4v) is 4.02. The first-order valence-electron chi connectivity index (χ1n) is 7.71. The lowest BCUT2D eigenvalue weighted by Gasteiger charge is -2.20. The molecule has 128 valence electrons. The predicted octanol–water partition coefficient (Wildman–Crippen LogP) is 3.18. The quantitative estimate of drug-likeness (QED) is 0.754. The highest BCUT2D eigenvalue weighted by atomic mass is 32.2. The van der Waals surface area contributed by atoms with Gasteiger partial charge in [-0.05, 0) is 44.5 Å². The van der Waals surface area contributed by atoms with Crippen LogP contribution in [0.1, 0.15) is 26.3 Å². The molecule has 0 radical (unpaired) electrons. The van der Waals surface area contributed by atoms with Gasteiger partial charge >= 0.3 is 0 Å². The molecule has 25 heavy (non-hydrogen) atoms. The number of benzene rings is 1. The molecule has 0 saturated heterocycles. The highest BCUT2D eigenvalue weighted by Gasteiger charge is 2.22. The number of pyridine rings is 1. The maximum atomic E-state index is 12.5. The van der Waals surface area contributed by atoms with Gasteiger partial charge in [0, 0.05) is 28.9 Å². The minimum Gasteiger partial charge on any atom is -0.345 e. The zero-order valence-corrected chi connectivity index (χ0v) is 15.0. The molecule has 2 N–H and O–H groups in total. The first-order valence-corrected chi connectivity index (χ1v) is 9.19. The van der Waals surface area contributed by atoms with Crippen LogP contribution in [-0.4, -0.2) is 23.9 Å². The smallest absolute Gasteiger partial charge is 0.241 e. The molecule has 7 heteroatoms. The molecule has 1 aromatic carbocycles. The van der Waals surface area contributed by atoms with Crippen molar-refractivity contribution in [2.45, 2.75) is 31.2 Å². The van der Waals surface area contributed by atoms with Crippen LogP contribution in [0, 0.1) is 11.3 Å². The van der Waals surface area contributed by atoms with Crippen LogP contribution in [0.4, 0.5) is 0 Å². The number of nitrogens with zero attached hydrogens (tertiary/aromatic N) is 2. The molecule has 0 atom stereocenters. The highest BCUT2D eigenvalue weighted by molar-refractivity contribution is 7.89. The number of nitriles is 1. The van der Waals surface area contributed by atoms with Crippen LogP contribution in [0.2, 0.25) is 0 Å². The molecule has 3 aromatic rings. The van der Waals surface area contributed by atoms with Gasteiger partial charge in [0.15, 0.2) is 0 Å². The topological polar surface area (TPSA) is 98.6 Å². The van der Waals surface area contributed by atoms with Crippen LogP contribution in [-0.2, 0) is 10.0 Å². The van der Waals surface area contributed by atoms with E-state index >= 15 is 0 Å². The Morgan fingerprint density at radius 1 is 1.20 bits per heavy atom. The monoisotopic (exact) mass is 354 g/mol. The third-order valence-corrected chi connectivity index (χ3v) is 5.33. The van der Waals surface area contributed by atoms with E-state index < -0.39 is 15.6 Å². The summed E-state index contributed by atoms with van der Waals surface area (Å²) in [6.45, 7) is 5.38. The third kappa shape index (κ3) is 3.55. The molecule has 0 amide bonds. The second-order valence-corrected chi connectivity index (χ2v) is 8.50. The summed E-state index contributed by atoms with van der Waals surface area (Å²) in [5.74, 6) is 0. The van der Waals surface area contributed by atoms with Crippen molar-refractivity contribution in [3.05, 3.63) is 48.3 Å². The summed E-state index contributed by atoms with van der Waals surface area (Å²) in [6, 6.07) is 10.6. The molecule has 0 aliphatic heterocycles.